The first-order valence-corrected chi connectivity index (χ1v) is 6.44. The van der Waals surface area contributed by atoms with E-state index in [0.29, 0.717) is 6.42 Å². The van der Waals surface area contributed by atoms with Gasteiger partial charge in [0.25, 0.3) is 0 Å². The van der Waals surface area contributed by atoms with Gasteiger partial charge in [-0.05, 0) is 33.1 Å². The SMILES string of the molecule is CC(C)(CCC(=O)O)N1C(=O)C2CCCC2C1=O. The molecule has 1 N–H and O–H groups in total. The van der Waals surface area contributed by atoms with Gasteiger partial charge in [0.15, 0.2) is 0 Å². The number of nitrogens with zero attached hydrogens (tertiary/aromatic N) is 1. The Labute approximate surface area is 106 Å². The number of hydrogen-bond donors (Lipinski definition) is 1. The van der Waals surface area contributed by atoms with Crippen LogP contribution < -0.4 is 0 Å². The maximum absolute atomic E-state index is 12.2. The average molecular weight is 253 g/mol. The number of amides is 2. The molecule has 0 radical (unpaired) electrons. The maximum atomic E-state index is 12.2. The number of imide groups is 1. The van der Waals surface area contributed by atoms with Gasteiger partial charge in [0.1, 0.15) is 0 Å². The summed E-state index contributed by atoms with van der Waals surface area (Å²) in [4.78, 5) is 36.4. The highest BCUT2D eigenvalue weighted by Gasteiger charge is 2.53. The van der Waals surface area contributed by atoms with E-state index in [2.05, 4.69) is 0 Å². The molecule has 2 fully saturated rings. The van der Waals surface area contributed by atoms with Crippen LogP contribution in [0.4, 0.5) is 0 Å². The number of likely N-dealkylation sites (tertiary alicyclic amines) is 1. The smallest absolute Gasteiger partial charge is 0.303 e. The minimum absolute atomic E-state index is 0.0284. The maximum Gasteiger partial charge on any atom is 0.303 e. The van der Waals surface area contributed by atoms with E-state index in [0.717, 1.165) is 19.3 Å². The van der Waals surface area contributed by atoms with Gasteiger partial charge in [-0.1, -0.05) is 6.42 Å². The third-order valence-corrected chi connectivity index (χ3v) is 4.15. The number of carbonyl (C=O) groups excluding carboxylic acids is 2. The Morgan fingerprint density at radius 1 is 1.28 bits per heavy atom. The summed E-state index contributed by atoms with van der Waals surface area (Å²) in [5.41, 5.74) is -0.698. The second kappa shape index (κ2) is 4.37. The quantitative estimate of drug-likeness (QED) is 0.769. The van der Waals surface area contributed by atoms with Crippen LogP contribution in [0.25, 0.3) is 0 Å². The topological polar surface area (TPSA) is 74.7 Å². The molecule has 1 saturated heterocycles. The van der Waals surface area contributed by atoms with Gasteiger partial charge < -0.3 is 5.11 Å². The highest BCUT2D eigenvalue weighted by molar-refractivity contribution is 6.06. The number of hydrogen-bond acceptors (Lipinski definition) is 3. The van der Waals surface area contributed by atoms with Crippen molar-refractivity contribution in [3.63, 3.8) is 0 Å². The van der Waals surface area contributed by atoms with Gasteiger partial charge >= 0.3 is 5.97 Å². The molecule has 0 spiro atoms. The fourth-order valence-electron chi connectivity index (χ4n) is 3.11. The lowest BCUT2D eigenvalue weighted by atomic mass is 9.96. The predicted molar refractivity (Wildman–Crippen MR) is 63.6 cm³/mol. The Morgan fingerprint density at radius 2 is 1.78 bits per heavy atom. The van der Waals surface area contributed by atoms with Crippen molar-refractivity contribution >= 4 is 17.8 Å². The molecule has 5 nitrogen and oxygen atoms in total. The summed E-state index contributed by atoms with van der Waals surface area (Å²) >= 11 is 0. The van der Waals surface area contributed by atoms with Crippen LogP contribution in [-0.4, -0.2) is 33.3 Å². The molecule has 1 saturated carbocycles. The molecule has 0 aromatic carbocycles. The summed E-state index contributed by atoms with van der Waals surface area (Å²) in [6, 6.07) is 0. The minimum atomic E-state index is -0.901. The van der Waals surface area contributed by atoms with Crippen molar-refractivity contribution in [2.24, 2.45) is 11.8 Å². The van der Waals surface area contributed by atoms with E-state index < -0.39 is 11.5 Å². The monoisotopic (exact) mass is 253 g/mol. The first kappa shape index (κ1) is 13.1. The molecular formula is C13H19NO4. The number of carbonyl (C=O) groups is 3. The molecule has 0 bridgehead atoms. The van der Waals surface area contributed by atoms with Gasteiger partial charge in [0.2, 0.25) is 11.8 Å². The zero-order valence-electron chi connectivity index (χ0n) is 10.8. The van der Waals surface area contributed by atoms with Crippen molar-refractivity contribution in [3.05, 3.63) is 0 Å². The van der Waals surface area contributed by atoms with E-state index in [1.54, 1.807) is 13.8 Å². The largest absolute Gasteiger partial charge is 0.481 e. The first-order valence-electron chi connectivity index (χ1n) is 6.44. The van der Waals surface area contributed by atoms with Crippen molar-refractivity contribution in [3.8, 4) is 0 Å². The molecule has 2 unspecified atom stereocenters. The van der Waals surface area contributed by atoms with Gasteiger partial charge in [-0.25, -0.2) is 0 Å². The molecule has 0 aromatic heterocycles. The lowest BCUT2D eigenvalue weighted by Crippen LogP contribution is -2.48. The Hall–Kier alpha value is -1.39. The highest BCUT2D eigenvalue weighted by atomic mass is 16.4. The molecule has 1 heterocycles. The van der Waals surface area contributed by atoms with Crippen LogP contribution in [0.15, 0.2) is 0 Å². The number of carboxylic acid groups (broad SMARTS) is 1. The Balaban J connectivity index is 2.15. The lowest BCUT2D eigenvalue weighted by molar-refractivity contribution is -0.148. The molecule has 2 rings (SSSR count). The molecule has 5 heteroatoms. The fourth-order valence-corrected chi connectivity index (χ4v) is 3.11. The molecule has 2 atom stereocenters. The van der Waals surface area contributed by atoms with Crippen LogP contribution in [0.5, 0.6) is 0 Å². The fraction of sp³-hybridized carbons (Fsp3) is 0.769. The molecule has 18 heavy (non-hydrogen) atoms. The van der Waals surface area contributed by atoms with Gasteiger partial charge in [-0.2, -0.15) is 0 Å². The van der Waals surface area contributed by atoms with Crippen LogP contribution in [0.1, 0.15) is 46.0 Å². The summed E-state index contributed by atoms with van der Waals surface area (Å²) in [5.74, 6) is -1.40. The summed E-state index contributed by atoms with van der Waals surface area (Å²) in [7, 11) is 0. The van der Waals surface area contributed by atoms with Crippen LogP contribution in [0, 0.1) is 11.8 Å². The molecular weight excluding hydrogens is 234 g/mol. The summed E-state index contributed by atoms with van der Waals surface area (Å²) in [6.45, 7) is 3.54. The first-order chi connectivity index (χ1) is 8.34. The number of aliphatic carboxylic acids is 1. The third kappa shape index (κ3) is 2.02. The van der Waals surface area contributed by atoms with Crippen molar-refractivity contribution < 1.29 is 19.5 Å². The van der Waals surface area contributed by atoms with Gasteiger partial charge in [-0.15, -0.1) is 0 Å². The Bertz CT molecular complexity index is 380. The molecule has 2 amide bonds. The van der Waals surface area contributed by atoms with Gasteiger partial charge in [-0.3, -0.25) is 19.3 Å². The molecule has 1 aliphatic carbocycles. The molecule has 100 valence electrons. The normalized spacial score (nSPS) is 27.8. The van der Waals surface area contributed by atoms with E-state index in [9.17, 15) is 14.4 Å². The van der Waals surface area contributed by atoms with E-state index >= 15 is 0 Å². The number of carboxylic acids is 1. The number of fused-ring (bicyclic) bond motifs is 1. The van der Waals surface area contributed by atoms with E-state index in [-0.39, 0.29) is 30.1 Å². The van der Waals surface area contributed by atoms with E-state index in [1.807, 2.05) is 0 Å². The Kier molecular flexibility index (Phi) is 3.17. The van der Waals surface area contributed by atoms with Crippen LogP contribution >= 0.6 is 0 Å². The minimum Gasteiger partial charge on any atom is -0.481 e. The zero-order valence-corrected chi connectivity index (χ0v) is 10.8. The van der Waals surface area contributed by atoms with E-state index in [1.165, 1.54) is 4.90 Å². The van der Waals surface area contributed by atoms with Gasteiger partial charge in [0.05, 0.1) is 11.8 Å². The Morgan fingerprint density at radius 3 is 2.22 bits per heavy atom. The van der Waals surface area contributed by atoms with Crippen LogP contribution in [-0.2, 0) is 14.4 Å². The second-order valence-corrected chi connectivity index (χ2v) is 5.86. The van der Waals surface area contributed by atoms with Crippen molar-refractivity contribution in [1.29, 1.82) is 0 Å². The van der Waals surface area contributed by atoms with Crippen molar-refractivity contribution in [2.45, 2.75) is 51.5 Å². The highest BCUT2D eigenvalue weighted by Crippen LogP contribution is 2.43. The van der Waals surface area contributed by atoms with Gasteiger partial charge in [0, 0.05) is 12.0 Å². The molecule has 1 aliphatic heterocycles. The predicted octanol–water partition coefficient (Wildman–Crippen LogP) is 1.41. The van der Waals surface area contributed by atoms with Crippen molar-refractivity contribution in [2.75, 3.05) is 0 Å². The summed E-state index contributed by atoms with van der Waals surface area (Å²) in [5, 5.41) is 8.72. The summed E-state index contributed by atoms with van der Waals surface area (Å²) < 4.78 is 0. The standard InChI is InChI=1S/C13H19NO4/c1-13(2,7-6-10(15)16)14-11(17)8-4-3-5-9(8)12(14)18/h8-9H,3-7H2,1-2H3,(H,15,16). The van der Waals surface area contributed by atoms with Crippen molar-refractivity contribution in [1.82, 2.24) is 4.90 Å². The molecule has 2 aliphatic rings. The average Bonchev–Trinajstić information content (AvgIpc) is 2.81. The van der Waals surface area contributed by atoms with Crippen LogP contribution in [0.3, 0.4) is 0 Å². The summed E-state index contributed by atoms with van der Waals surface area (Å²) in [6.07, 6.45) is 2.80. The number of rotatable bonds is 4. The van der Waals surface area contributed by atoms with Crippen LogP contribution in [0.2, 0.25) is 0 Å². The lowest BCUT2D eigenvalue weighted by Gasteiger charge is -2.34. The third-order valence-electron chi connectivity index (χ3n) is 4.15. The second-order valence-electron chi connectivity index (χ2n) is 5.86. The zero-order chi connectivity index (χ0) is 13.5. The van der Waals surface area contributed by atoms with E-state index in [4.69, 9.17) is 5.11 Å². The molecule has 0 aromatic rings.